The van der Waals surface area contributed by atoms with E-state index in [9.17, 15) is 0 Å². The molecule has 1 heteroatoms. The van der Waals surface area contributed by atoms with Gasteiger partial charge in [0.15, 0.2) is 0 Å². The Kier molecular flexibility index (Phi) is 5.38. The second-order valence-corrected chi connectivity index (χ2v) is 4.42. The van der Waals surface area contributed by atoms with Crippen molar-refractivity contribution in [1.82, 2.24) is 0 Å². The molecule has 0 N–H and O–H groups in total. The molecule has 0 fully saturated rings. The van der Waals surface area contributed by atoms with Gasteiger partial charge in [-0.25, -0.2) is 0 Å². The van der Waals surface area contributed by atoms with Gasteiger partial charge in [0.05, 0.1) is 0 Å². The van der Waals surface area contributed by atoms with Crippen molar-refractivity contribution in [3.05, 3.63) is 22.8 Å². The van der Waals surface area contributed by atoms with Crippen LogP contribution in [0.3, 0.4) is 0 Å². The van der Waals surface area contributed by atoms with Gasteiger partial charge >= 0.3 is 0 Å². The van der Waals surface area contributed by atoms with Crippen molar-refractivity contribution in [3.63, 3.8) is 0 Å². The van der Waals surface area contributed by atoms with E-state index >= 15 is 0 Å². The molecule has 0 bridgehead atoms. The third-order valence-corrected chi connectivity index (χ3v) is 3.30. The van der Waals surface area contributed by atoms with E-state index in [2.05, 4.69) is 13.0 Å². The summed E-state index contributed by atoms with van der Waals surface area (Å²) in [6.07, 6.45) is 13.5. The minimum Gasteiger partial charge on any atom is -0.0659 e. The van der Waals surface area contributed by atoms with Gasteiger partial charge in [-0.3, -0.25) is 0 Å². The summed E-state index contributed by atoms with van der Waals surface area (Å²) in [4.78, 5) is 0. The van der Waals surface area contributed by atoms with Gasteiger partial charge in [-0.15, -0.1) is 0 Å². The summed E-state index contributed by atoms with van der Waals surface area (Å²) < 4.78 is 0. The molecule has 0 aliphatic heterocycles. The van der Waals surface area contributed by atoms with Gasteiger partial charge in [0.2, 0.25) is 0 Å². The molecule has 0 aromatic heterocycles. The molecule has 0 spiro atoms. The summed E-state index contributed by atoms with van der Waals surface area (Å²) in [6, 6.07) is 0. The quantitative estimate of drug-likeness (QED) is 0.712. The molecule has 76 valence electrons. The topological polar surface area (TPSA) is 0 Å². The zero-order chi connectivity index (χ0) is 9.10. The molecular weight excluding hydrogens is 247 g/mol. The molecule has 0 saturated carbocycles. The normalized spacial score (nSPS) is 20.2. The van der Waals surface area contributed by atoms with Crippen molar-refractivity contribution in [1.29, 1.82) is 0 Å². The molecule has 0 amide bonds. The standard InChI is InChI=1S/C13H20.Zr/c1-2-3-6-11-9-12-7-4-5-8-13(12)10-11;/h9H,2-8,10H2,1H3;. The van der Waals surface area contributed by atoms with Crippen LogP contribution in [0.15, 0.2) is 22.8 Å². The van der Waals surface area contributed by atoms with Crippen LogP contribution in [0, 0.1) is 0 Å². The first-order chi connectivity index (χ1) is 6.40. The summed E-state index contributed by atoms with van der Waals surface area (Å²) >= 11 is 0. The Balaban J connectivity index is 0.000000980. The fourth-order valence-corrected chi connectivity index (χ4v) is 2.50. The van der Waals surface area contributed by atoms with Crippen molar-refractivity contribution < 1.29 is 26.2 Å². The zero-order valence-corrected chi connectivity index (χ0v) is 11.7. The van der Waals surface area contributed by atoms with E-state index < -0.39 is 0 Å². The van der Waals surface area contributed by atoms with Crippen LogP contribution in [0.4, 0.5) is 0 Å². The van der Waals surface area contributed by atoms with E-state index in [-0.39, 0.29) is 26.2 Å². The predicted molar refractivity (Wildman–Crippen MR) is 57.7 cm³/mol. The van der Waals surface area contributed by atoms with E-state index in [0.29, 0.717) is 0 Å². The molecule has 0 radical (unpaired) electrons. The van der Waals surface area contributed by atoms with E-state index in [1.165, 1.54) is 51.4 Å². The molecule has 2 aliphatic rings. The molecule has 0 aromatic rings. The Morgan fingerprint density at radius 2 is 2.00 bits per heavy atom. The number of allylic oxidation sites excluding steroid dienone is 4. The average molecular weight is 268 g/mol. The van der Waals surface area contributed by atoms with Gasteiger partial charge < -0.3 is 0 Å². The molecule has 0 unspecified atom stereocenters. The number of hydrogen-bond donors (Lipinski definition) is 0. The Morgan fingerprint density at radius 1 is 1.21 bits per heavy atom. The molecule has 0 heterocycles. The molecular formula is C13H20Zr. The van der Waals surface area contributed by atoms with Gasteiger partial charge in [0.1, 0.15) is 0 Å². The van der Waals surface area contributed by atoms with Crippen LogP contribution in [-0.4, -0.2) is 0 Å². The third-order valence-electron chi connectivity index (χ3n) is 3.30. The van der Waals surface area contributed by atoms with Crippen LogP contribution in [0.5, 0.6) is 0 Å². The van der Waals surface area contributed by atoms with E-state index in [0.717, 1.165) is 0 Å². The van der Waals surface area contributed by atoms with Crippen molar-refractivity contribution >= 4 is 0 Å². The van der Waals surface area contributed by atoms with Crippen molar-refractivity contribution in [2.24, 2.45) is 0 Å². The van der Waals surface area contributed by atoms with Gasteiger partial charge in [0.25, 0.3) is 0 Å². The van der Waals surface area contributed by atoms with Gasteiger partial charge in [-0.1, -0.05) is 30.6 Å². The molecule has 2 aliphatic carbocycles. The van der Waals surface area contributed by atoms with Crippen LogP contribution in [0.25, 0.3) is 0 Å². The monoisotopic (exact) mass is 266 g/mol. The number of rotatable bonds is 3. The van der Waals surface area contributed by atoms with Gasteiger partial charge in [0, 0.05) is 26.2 Å². The third kappa shape index (κ3) is 2.92. The first-order valence-electron chi connectivity index (χ1n) is 5.80. The number of hydrogen-bond acceptors (Lipinski definition) is 0. The molecule has 14 heavy (non-hydrogen) atoms. The van der Waals surface area contributed by atoms with Gasteiger partial charge in [-0.2, -0.15) is 0 Å². The minimum absolute atomic E-state index is 0. The summed E-state index contributed by atoms with van der Waals surface area (Å²) in [5, 5.41) is 0. The van der Waals surface area contributed by atoms with E-state index in [1.807, 2.05) is 0 Å². The Hall–Kier alpha value is 0.363. The molecule has 0 aromatic carbocycles. The SMILES string of the molecule is CCCCC1=CC2=C(CCCC2)C1.[Zr]. The second-order valence-electron chi connectivity index (χ2n) is 4.42. The maximum absolute atomic E-state index is 2.50. The van der Waals surface area contributed by atoms with E-state index in [4.69, 9.17) is 0 Å². The smallest absolute Gasteiger partial charge is 0 e. The Bertz CT molecular complexity index is 248. The summed E-state index contributed by atoms with van der Waals surface area (Å²) in [5.41, 5.74) is 5.20. The van der Waals surface area contributed by atoms with Crippen LogP contribution in [0.1, 0.15) is 58.3 Å². The van der Waals surface area contributed by atoms with Crippen molar-refractivity contribution in [2.45, 2.75) is 58.3 Å². The largest absolute Gasteiger partial charge is 0.0659 e. The maximum Gasteiger partial charge on any atom is 0 e. The fraction of sp³-hybridized carbons (Fsp3) is 0.692. The first-order valence-corrected chi connectivity index (χ1v) is 5.80. The zero-order valence-electron chi connectivity index (χ0n) is 9.23. The van der Waals surface area contributed by atoms with Crippen LogP contribution in [-0.2, 0) is 26.2 Å². The Morgan fingerprint density at radius 3 is 2.71 bits per heavy atom. The van der Waals surface area contributed by atoms with E-state index in [1.54, 1.807) is 16.7 Å². The second kappa shape index (κ2) is 6.06. The molecule has 0 saturated heterocycles. The summed E-state index contributed by atoms with van der Waals surface area (Å²) in [5.74, 6) is 0. The Labute approximate surface area is 107 Å². The minimum atomic E-state index is 0. The first kappa shape index (κ1) is 12.4. The summed E-state index contributed by atoms with van der Waals surface area (Å²) in [7, 11) is 0. The number of unbranched alkanes of at least 4 members (excludes halogenated alkanes) is 1. The van der Waals surface area contributed by atoms with Gasteiger partial charge in [-0.05, 0) is 50.5 Å². The van der Waals surface area contributed by atoms with Crippen LogP contribution in [0.2, 0.25) is 0 Å². The summed E-state index contributed by atoms with van der Waals surface area (Å²) in [6.45, 7) is 2.28. The van der Waals surface area contributed by atoms with Crippen molar-refractivity contribution in [2.75, 3.05) is 0 Å². The van der Waals surface area contributed by atoms with Crippen molar-refractivity contribution in [3.8, 4) is 0 Å². The average Bonchev–Trinajstić information content (AvgIpc) is 2.57. The molecule has 0 nitrogen and oxygen atoms in total. The maximum atomic E-state index is 2.50. The predicted octanol–water partition coefficient (Wildman–Crippen LogP) is 4.37. The molecule has 2 rings (SSSR count). The van der Waals surface area contributed by atoms with Crippen LogP contribution < -0.4 is 0 Å². The molecule has 0 atom stereocenters. The fourth-order valence-electron chi connectivity index (χ4n) is 2.50. The van der Waals surface area contributed by atoms with Crippen LogP contribution >= 0.6 is 0 Å².